The molecule has 0 amide bonds. The van der Waals surface area contributed by atoms with E-state index < -0.39 is 36.6 Å². The van der Waals surface area contributed by atoms with Gasteiger partial charge in [-0.2, -0.15) is 0 Å². The van der Waals surface area contributed by atoms with Crippen LogP contribution in [0.5, 0.6) is 0 Å². The molecule has 1 fully saturated rings. The molecule has 0 spiro atoms. The molecule has 5 atom stereocenters. The molecule has 0 saturated carbocycles. The third-order valence-electron chi connectivity index (χ3n) is 4.29. The van der Waals surface area contributed by atoms with Crippen molar-refractivity contribution >= 4 is 17.3 Å². The Morgan fingerprint density at radius 2 is 1.42 bits per heavy atom. The van der Waals surface area contributed by atoms with Crippen molar-refractivity contribution in [2.75, 3.05) is 11.1 Å². The second-order valence-electron chi connectivity index (χ2n) is 6.13. The number of aliphatic hydroxyl groups excluding tert-OH is 3. The molecule has 8 heteroatoms. The first-order valence-electron chi connectivity index (χ1n) is 8.02. The van der Waals surface area contributed by atoms with Crippen molar-refractivity contribution in [2.24, 2.45) is 0 Å². The fraction of sp³-hybridized carbons (Fsp3) is 0.278. The fourth-order valence-electron chi connectivity index (χ4n) is 2.80. The first kappa shape index (κ1) is 18.2. The molecule has 0 bridgehead atoms. The second-order valence-corrected chi connectivity index (χ2v) is 6.13. The van der Waals surface area contributed by atoms with Gasteiger partial charge in [0.2, 0.25) is 0 Å². The van der Waals surface area contributed by atoms with Crippen molar-refractivity contribution in [1.29, 1.82) is 0 Å². The van der Waals surface area contributed by atoms with E-state index in [0.717, 1.165) is 11.1 Å². The molecule has 3 rings (SSSR count). The van der Waals surface area contributed by atoms with Gasteiger partial charge < -0.3 is 36.2 Å². The molecule has 2 aromatic rings. The molecule has 138 valence electrons. The van der Waals surface area contributed by atoms with E-state index in [0.29, 0.717) is 11.4 Å². The molecule has 8 nitrogen and oxygen atoms in total. The van der Waals surface area contributed by atoms with E-state index in [1.807, 2.05) is 24.3 Å². The van der Waals surface area contributed by atoms with Gasteiger partial charge in [0.05, 0.1) is 0 Å². The third kappa shape index (κ3) is 3.63. The Kier molecular flexibility index (Phi) is 5.10. The summed E-state index contributed by atoms with van der Waals surface area (Å²) >= 11 is 0. The Balaban J connectivity index is 1.73. The molecule has 1 saturated heterocycles. The van der Waals surface area contributed by atoms with Crippen LogP contribution in [0.4, 0.5) is 11.4 Å². The number of aliphatic carboxylic acids is 1. The lowest BCUT2D eigenvalue weighted by Gasteiger charge is -2.39. The Bertz CT molecular complexity index is 764. The van der Waals surface area contributed by atoms with Crippen LogP contribution >= 0.6 is 0 Å². The number of aliphatic hydroxyl groups is 3. The molecule has 0 radical (unpaired) electrons. The Hall–Kier alpha value is -2.65. The smallest absolute Gasteiger partial charge is 0.335 e. The maximum Gasteiger partial charge on any atom is 0.335 e. The van der Waals surface area contributed by atoms with E-state index in [2.05, 4.69) is 5.32 Å². The van der Waals surface area contributed by atoms with Crippen LogP contribution in [0.2, 0.25) is 0 Å². The third-order valence-corrected chi connectivity index (χ3v) is 4.29. The molecule has 1 aliphatic rings. The SMILES string of the molecule is Nc1ccc(-c2ccc(N[C@@H]3O[C@H](C(=O)O)[C@@H](O)[C@H](O)[C@H]3O)cc2)cc1. The highest BCUT2D eigenvalue weighted by Crippen LogP contribution is 2.26. The van der Waals surface area contributed by atoms with Gasteiger partial charge in [-0.3, -0.25) is 0 Å². The first-order chi connectivity index (χ1) is 12.4. The number of carboxylic acid groups (broad SMARTS) is 1. The van der Waals surface area contributed by atoms with Gasteiger partial charge >= 0.3 is 5.97 Å². The van der Waals surface area contributed by atoms with E-state index in [1.165, 1.54) is 0 Å². The molecule has 0 aromatic heterocycles. The highest BCUT2D eigenvalue weighted by molar-refractivity contribution is 5.73. The van der Waals surface area contributed by atoms with Gasteiger partial charge in [-0.25, -0.2) is 4.79 Å². The predicted octanol–water partition coefficient (Wildman–Crippen LogP) is 0.240. The zero-order valence-corrected chi connectivity index (χ0v) is 13.7. The second kappa shape index (κ2) is 7.30. The van der Waals surface area contributed by atoms with E-state index in [4.69, 9.17) is 15.6 Å². The summed E-state index contributed by atoms with van der Waals surface area (Å²) in [5.74, 6) is -1.42. The number of nitrogens with two attached hydrogens (primary N) is 1. The Labute approximate surface area is 149 Å². The maximum atomic E-state index is 11.1. The minimum atomic E-state index is -1.71. The van der Waals surface area contributed by atoms with Gasteiger partial charge in [-0.05, 0) is 35.4 Å². The average Bonchev–Trinajstić information content (AvgIpc) is 2.63. The molecule has 7 N–H and O–H groups in total. The zero-order chi connectivity index (χ0) is 18.8. The van der Waals surface area contributed by atoms with Gasteiger partial charge in [0.15, 0.2) is 12.3 Å². The molecule has 1 heterocycles. The van der Waals surface area contributed by atoms with E-state index in [1.54, 1.807) is 24.3 Å². The standard InChI is InChI=1S/C18H20N2O6/c19-11-5-1-9(2-6-11)10-3-7-12(8-4-10)20-17-15(23)13(21)14(22)16(26-17)18(24)25/h1-8,13-17,20-23H,19H2,(H,24,25)/t13-,14-,15+,16-,17+/m0/s1. The molecule has 2 aromatic carbocycles. The number of ether oxygens (including phenoxy) is 1. The van der Waals surface area contributed by atoms with Gasteiger partial charge in [0, 0.05) is 11.4 Å². The van der Waals surface area contributed by atoms with Crippen molar-refractivity contribution in [3.63, 3.8) is 0 Å². The number of nitrogens with one attached hydrogen (secondary N) is 1. The summed E-state index contributed by atoms with van der Waals surface area (Å²) in [5.41, 5.74) is 8.82. The quantitative estimate of drug-likeness (QED) is 0.425. The number of nitrogen functional groups attached to an aromatic ring is 1. The van der Waals surface area contributed by atoms with Crippen LogP contribution in [-0.4, -0.2) is 57.0 Å². The first-order valence-corrected chi connectivity index (χ1v) is 8.02. The molecule has 26 heavy (non-hydrogen) atoms. The summed E-state index contributed by atoms with van der Waals surface area (Å²) in [4.78, 5) is 11.1. The van der Waals surface area contributed by atoms with E-state index in [-0.39, 0.29) is 0 Å². The number of hydrogen-bond acceptors (Lipinski definition) is 7. The zero-order valence-electron chi connectivity index (χ0n) is 13.7. The van der Waals surface area contributed by atoms with Crippen LogP contribution in [0.1, 0.15) is 0 Å². The minimum absolute atomic E-state index is 0.556. The van der Waals surface area contributed by atoms with E-state index in [9.17, 15) is 20.1 Å². The minimum Gasteiger partial charge on any atom is -0.479 e. The van der Waals surface area contributed by atoms with Gasteiger partial charge in [-0.1, -0.05) is 24.3 Å². The van der Waals surface area contributed by atoms with Crippen LogP contribution < -0.4 is 11.1 Å². The van der Waals surface area contributed by atoms with E-state index >= 15 is 0 Å². The number of benzene rings is 2. The van der Waals surface area contributed by atoms with Gasteiger partial charge in [-0.15, -0.1) is 0 Å². The van der Waals surface area contributed by atoms with Crippen LogP contribution in [0.3, 0.4) is 0 Å². The highest BCUT2D eigenvalue weighted by atomic mass is 16.6. The van der Waals surface area contributed by atoms with Gasteiger partial charge in [0.25, 0.3) is 0 Å². The largest absolute Gasteiger partial charge is 0.479 e. The average molecular weight is 360 g/mol. The predicted molar refractivity (Wildman–Crippen MR) is 94.2 cm³/mol. The molecular formula is C18H20N2O6. The Morgan fingerprint density at radius 1 is 0.885 bits per heavy atom. The topological polar surface area (TPSA) is 145 Å². The maximum absolute atomic E-state index is 11.1. The number of carbonyl (C=O) groups is 1. The molecule has 1 aliphatic heterocycles. The monoisotopic (exact) mass is 360 g/mol. The van der Waals surface area contributed by atoms with Crippen molar-refractivity contribution in [3.05, 3.63) is 48.5 Å². The van der Waals surface area contributed by atoms with Crippen LogP contribution in [0.25, 0.3) is 11.1 Å². The van der Waals surface area contributed by atoms with Crippen molar-refractivity contribution in [1.82, 2.24) is 0 Å². The summed E-state index contributed by atoms with van der Waals surface area (Å²) in [5, 5.41) is 41.4. The summed E-state index contributed by atoms with van der Waals surface area (Å²) < 4.78 is 5.19. The summed E-state index contributed by atoms with van der Waals surface area (Å²) in [6.07, 6.45) is -7.67. The number of anilines is 2. The van der Waals surface area contributed by atoms with Crippen LogP contribution in [0, 0.1) is 0 Å². The molecule has 0 unspecified atom stereocenters. The molecule has 0 aliphatic carbocycles. The number of rotatable bonds is 4. The highest BCUT2D eigenvalue weighted by Gasteiger charge is 2.46. The van der Waals surface area contributed by atoms with Crippen LogP contribution in [0.15, 0.2) is 48.5 Å². The number of carboxylic acids is 1. The molecular weight excluding hydrogens is 340 g/mol. The van der Waals surface area contributed by atoms with Crippen LogP contribution in [-0.2, 0) is 9.53 Å². The normalized spacial score (nSPS) is 28.5. The lowest BCUT2D eigenvalue weighted by Crippen LogP contribution is -2.61. The van der Waals surface area contributed by atoms with Crippen molar-refractivity contribution < 1.29 is 30.0 Å². The summed E-state index contributed by atoms with van der Waals surface area (Å²) in [6.45, 7) is 0. The van der Waals surface area contributed by atoms with Crippen molar-refractivity contribution in [3.8, 4) is 11.1 Å². The lowest BCUT2D eigenvalue weighted by molar-refractivity contribution is -0.221. The Morgan fingerprint density at radius 3 is 1.96 bits per heavy atom. The number of hydrogen-bond donors (Lipinski definition) is 6. The fourth-order valence-corrected chi connectivity index (χ4v) is 2.80. The summed E-state index contributed by atoms with van der Waals surface area (Å²) in [7, 11) is 0. The van der Waals surface area contributed by atoms with Crippen molar-refractivity contribution in [2.45, 2.75) is 30.6 Å². The lowest BCUT2D eigenvalue weighted by atomic mass is 9.98. The van der Waals surface area contributed by atoms with Gasteiger partial charge in [0.1, 0.15) is 18.3 Å². The summed E-state index contributed by atoms with van der Waals surface area (Å²) in [6, 6.07) is 14.5.